The van der Waals surface area contributed by atoms with E-state index in [9.17, 15) is 10.1 Å². The van der Waals surface area contributed by atoms with Gasteiger partial charge in [0.25, 0.3) is 5.69 Å². The maximum absolute atomic E-state index is 11.0. The summed E-state index contributed by atoms with van der Waals surface area (Å²) in [7, 11) is 0. The van der Waals surface area contributed by atoms with Gasteiger partial charge in [-0.2, -0.15) is 0 Å². The van der Waals surface area contributed by atoms with E-state index in [1.807, 2.05) is 6.92 Å². The van der Waals surface area contributed by atoms with Crippen LogP contribution in [0.2, 0.25) is 0 Å². The number of non-ortho nitro benzene ring substituents is 1. The van der Waals surface area contributed by atoms with Crippen molar-refractivity contribution in [3.63, 3.8) is 0 Å². The fraction of sp³-hybridized carbons (Fsp3) is 0.308. The van der Waals surface area contributed by atoms with Crippen molar-refractivity contribution in [3.8, 4) is 0 Å². The molecule has 0 radical (unpaired) electrons. The summed E-state index contributed by atoms with van der Waals surface area (Å²) in [6, 6.07) is 4.79. The summed E-state index contributed by atoms with van der Waals surface area (Å²) in [5, 5.41) is 24.4. The highest BCUT2D eigenvalue weighted by atomic mass is 16.6. The topological polar surface area (TPSA) is 88.3 Å². The largest absolute Gasteiger partial charge is 0.396 e. The van der Waals surface area contributed by atoms with Crippen LogP contribution in [-0.2, 0) is 0 Å². The molecule has 2 rings (SSSR count). The molecule has 1 unspecified atom stereocenters. The lowest BCUT2D eigenvalue weighted by Gasteiger charge is -2.12. The normalized spacial score (nSPS) is 12.3. The summed E-state index contributed by atoms with van der Waals surface area (Å²) in [6.45, 7) is 2.60. The monoisotopic (exact) mass is 261 g/mol. The van der Waals surface area contributed by atoms with E-state index in [0.717, 1.165) is 5.69 Å². The van der Waals surface area contributed by atoms with Gasteiger partial charge < -0.3 is 10.4 Å². The number of anilines is 1. The molecule has 0 aliphatic heterocycles. The van der Waals surface area contributed by atoms with E-state index in [2.05, 4.69) is 10.3 Å². The van der Waals surface area contributed by atoms with Gasteiger partial charge in [0.2, 0.25) is 0 Å². The third-order valence-electron chi connectivity index (χ3n) is 2.94. The molecular weight excluding hydrogens is 246 g/mol. The van der Waals surface area contributed by atoms with Crippen LogP contribution in [0.1, 0.15) is 6.92 Å². The van der Waals surface area contributed by atoms with E-state index >= 15 is 0 Å². The van der Waals surface area contributed by atoms with Gasteiger partial charge in [0, 0.05) is 42.7 Å². The number of nitrogens with one attached hydrogen (secondary N) is 1. The third kappa shape index (κ3) is 2.79. The zero-order chi connectivity index (χ0) is 13.8. The van der Waals surface area contributed by atoms with E-state index < -0.39 is 4.92 Å². The minimum absolute atomic E-state index is 0.0677. The number of hydrogen-bond donors (Lipinski definition) is 2. The van der Waals surface area contributed by atoms with Crippen LogP contribution in [0.5, 0.6) is 0 Å². The van der Waals surface area contributed by atoms with Crippen LogP contribution in [0.4, 0.5) is 11.4 Å². The van der Waals surface area contributed by atoms with Crippen molar-refractivity contribution in [2.24, 2.45) is 5.92 Å². The van der Waals surface area contributed by atoms with E-state index in [4.69, 9.17) is 5.11 Å². The minimum atomic E-state index is -0.400. The number of aliphatic hydroxyl groups is 1. The van der Waals surface area contributed by atoms with E-state index in [1.165, 1.54) is 12.3 Å². The predicted octanol–water partition coefficient (Wildman–Crippen LogP) is 2.18. The van der Waals surface area contributed by atoms with E-state index in [1.54, 1.807) is 18.3 Å². The number of rotatable bonds is 5. The van der Waals surface area contributed by atoms with Gasteiger partial charge in [0.1, 0.15) is 0 Å². The summed E-state index contributed by atoms with van der Waals surface area (Å²) in [6.07, 6.45) is 3.14. The van der Waals surface area contributed by atoms with E-state index in [0.29, 0.717) is 17.3 Å². The second-order valence-electron chi connectivity index (χ2n) is 4.48. The van der Waals surface area contributed by atoms with Gasteiger partial charge in [-0.3, -0.25) is 15.1 Å². The zero-order valence-corrected chi connectivity index (χ0v) is 10.5. The Kier molecular flexibility index (Phi) is 3.91. The third-order valence-corrected chi connectivity index (χ3v) is 2.94. The Hall–Kier alpha value is -2.21. The van der Waals surface area contributed by atoms with Crippen LogP contribution in [0.15, 0.2) is 30.6 Å². The SMILES string of the molecule is CC(CO)CNc1ccc([N+](=O)[O-])c2ccncc12. The Morgan fingerprint density at radius 3 is 2.89 bits per heavy atom. The number of aromatic nitrogens is 1. The summed E-state index contributed by atoms with van der Waals surface area (Å²) >= 11 is 0. The molecule has 6 heteroatoms. The minimum Gasteiger partial charge on any atom is -0.396 e. The molecule has 1 atom stereocenters. The summed E-state index contributed by atoms with van der Waals surface area (Å²) in [5.41, 5.74) is 0.854. The average molecular weight is 261 g/mol. The highest BCUT2D eigenvalue weighted by Crippen LogP contribution is 2.30. The molecule has 0 amide bonds. The molecule has 0 bridgehead atoms. The molecule has 2 aromatic rings. The molecule has 0 saturated carbocycles. The molecule has 2 N–H and O–H groups in total. The summed E-state index contributed by atoms with van der Waals surface area (Å²) in [5.74, 6) is 0.113. The molecule has 0 saturated heterocycles. The zero-order valence-electron chi connectivity index (χ0n) is 10.5. The molecule has 19 heavy (non-hydrogen) atoms. The van der Waals surface area contributed by atoms with Crippen LogP contribution < -0.4 is 5.32 Å². The van der Waals surface area contributed by atoms with Crippen LogP contribution in [0, 0.1) is 16.0 Å². The number of nitrogens with zero attached hydrogens (tertiary/aromatic N) is 2. The highest BCUT2D eigenvalue weighted by molar-refractivity contribution is 5.99. The van der Waals surface area contributed by atoms with Crippen molar-refractivity contribution < 1.29 is 10.0 Å². The molecule has 1 heterocycles. The molecule has 6 nitrogen and oxygen atoms in total. The van der Waals surface area contributed by atoms with Crippen LogP contribution in [-0.4, -0.2) is 28.2 Å². The molecule has 0 aliphatic rings. The van der Waals surface area contributed by atoms with Crippen LogP contribution in [0.25, 0.3) is 10.8 Å². The van der Waals surface area contributed by atoms with Gasteiger partial charge in [-0.1, -0.05) is 6.92 Å². The number of benzene rings is 1. The Bertz CT molecular complexity index is 601. The summed E-state index contributed by atoms with van der Waals surface area (Å²) < 4.78 is 0. The lowest BCUT2D eigenvalue weighted by atomic mass is 10.1. The average Bonchev–Trinajstić information content (AvgIpc) is 2.43. The maximum Gasteiger partial charge on any atom is 0.277 e. The van der Waals surface area contributed by atoms with Gasteiger partial charge in [0.15, 0.2) is 0 Å². The fourth-order valence-corrected chi connectivity index (χ4v) is 1.84. The van der Waals surface area contributed by atoms with Crippen LogP contribution in [0.3, 0.4) is 0 Å². The highest BCUT2D eigenvalue weighted by Gasteiger charge is 2.14. The molecule has 0 aliphatic carbocycles. The Morgan fingerprint density at radius 1 is 1.42 bits per heavy atom. The molecule has 0 spiro atoms. The van der Waals surface area contributed by atoms with Gasteiger partial charge in [0.05, 0.1) is 10.3 Å². The fourth-order valence-electron chi connectivity index (χ4n) is 1.84. The predicted molar refractivity (Wildman–Crippen MR) is 73.1 cm³/mol. The molecule has 1 aromatic heterocycles. The lowest BCUT2D eigenvalue weighted by molar-refractivity contribution is -0.383. The van der Waals surface area contributed by atoms with Crippen molar-refractivity contribution in [2.45, 2.75) is 6.92 Å². The molecule has 1 aromatic carbocycles. The first kappa shape index (κ1) is 13.2. The quantitative estimate of drug-likeness (QED) is 0.636. The van der Waals surface area contributed by atoms with Gasteiger partial charge >= 0.3 is 0 Å². The van der Waals surface area contributed by atoms with Gasteiger partial charge in [-0.25, -0.2) is 0 Å². The van der Waals surface area contributed by atoms with Crippen molar-refractivity contribution in [1.29, 1.82) is 0 Å². The van der Waals surface area contributed by atoms with Crippen LogP contribution >= 0.6 is 0 Å². The Balaban J connectivity index is 2.41. The van der Waals surface area contributed by atoms with Gasteiger partial charge in [-0.05, 0) is 18.1 Å². The van der Waals surface area contributed by atoms with Crippen molar-refractivity contribution in [2.75, 3.05) is 18.5 Å². The number of aliphatic hydroxyl groups excluding tert-OH is 1. The number of nitro benzene ring substituents is 1. The number of pyridine rings is 1. The first-order valence-corrected chi connectivity index (χ1v) is 5.99. The molecular formula is C13H15N3O3. The number of fused-ring (bicyclic) bond motifs is 1. The first-order valence-electron chi connectivity index (χ1n) is 5.99. The van der Waals surface area contributed by atoms with Gasteiger partial charge in [-0.15, -0.1) is 0 Å². The summed E-state index contributed by atoms with van der Waals surface area (Å²) in [4.78, 5) is 14.6. The Labute approximate surface area is 110 Å². The van der Waals surface area contributed by atoms with Crippen molar-refractivity contribution in [1.82, 2.24) is 4.98 Å². The lowest BCUT2D eigenvalue weighted by Crippen LogP contribution is -2.14. The maximum atomic E-state index is 11.0. The number of hydrogen-bond acceptors (Lipinski definition) is 5. The number of nitro groups is 1. The van der Waals surface area contributed by atoms with E-state index in [-0.39, 0.29) is 18.2 Å². The standard InChI is InChI=1S/C13H15N3O3/c1-9(8-17)6-15-12-2-3-13(16(18)19)10-4-5-14-7-11(10)12/h2-5,7,9,15,17H,6,8H2,1H3. The molecule has 0 fully saturated rings. The Morgan fingerprint density at radius 2 is 2.21 bits per heavy atom. The van der Waals surface area contributed by atoms with Crippen molar-refractivity contribution in [3.05, 3.63) is 40.7 Å². The molecule has 100 valence electrons. The second kappa shape index (κ2) is 5.62. The second-order valence-corrected chi connectivity index (χ2v) is 4.48. The first-order chi connectivity index (χ1) is 9.13. The van der Waals surface area contributed by atoms with Crippen molar-refractivity contribution >= 4 is 22.1 Å². The smallest absolute Gasteiger partial charge is 0.277 e.